The van der Waals surface area contributed by atoms with Gasteiger partial charge in [-0.3, -0.25) is 0 Å². The molecule has 0 N–H and O–H groups in total. The fourth-order valence-corrected chi connectivity index (χ4v) is 2.32. The Kier molecular flexibility index (Phi) is 5.19. The standard InChI is InChI=1S/C11H13BrS/c1-2-3-4-5-6-7-10-8-13-9-11(10)12/h8-9H,2-5H2,1H3. The molecule has 0 fully saturated rings. The molecule has 2 heteroatoms. The number of hydrogen-bond acceptors (Lipinski definition) is 1. The summed E-state index contributed by atoms with van der Waals surface area (Å²) >= 11 is 5.14. The van der Waals surface area contributed by atoms with E-state index in [0.717, 1.165) is 16.5 Å². The summed E-state index contributed by atoms with van der Waals surface area (Å²) in [4.78, 5) is 0. The van der Waals surface area contributed by atoms with Crippen LogP contribution < -0.4 is 0 Å². The van der Waals surface area contributed by atoms with E-state index in [2.05, 4.69) is 45.5 Å². The van der Waals surface area contributed by atoms with Crippen LogP contribution in [-0.2, 0) is 0 Å². The van der Waals surface area contributed by atoms with Crippen molar-refractivity contribution in [2.45, 2.75) is 32.6 Å². The SMILES string of the molecule is CCCCCC#Cc1cscc1Br. The lowest BCUT2D eigenvalue weighted by Crippen LogP contribution is -1.72. The van der Waals surface area contributed by atoms with Crippen LogP contribution in [0.2, 0.25) is 0 Å². The molecule has 0 aromatic carbocycles. The highest BCUT2D eigenvalue weighted by molar-refractivity contribution is 9.10. The first-order valence-corrected chi connectivity index (χ1v) is 6.28. The second kappa shape index (κ2) is 6.23. The van der Waals surface area contributed by atoms with E-state index in [1.54, 1.807) is 11.3 Å². The van der Waals surface area contributed by atoms with Gasteiger partial charge in [0.05, 0.1) is 0 Å². The van der Waals surface area contributed by atoms with Crippen molar-refractivity contribution in [3.8, 4) is 11.8 Å². The minimum atomic E-state index is 1.02. The molecule has 0 saturated carbocycles. The van der Waals surface area contributed by atoms with E-state index in [1.165, 1.54) is 19.3 Å². The summed E-state index contributed by atoms with van der Waals surface area (Å²) in [7, 11) is 0. The number of halogens is 1. The maximum Gasteiger partial charge on any atom is 0.0494 e. The van der Waals surface area contributed by atoms with Crippen molar-refractivity contribution in [3.63, 3.8) is 0 Å². The Morgan fingerprint density at radius 1 is 1.38 bits per heavy atom. The van der Waals surface area contributed by atoms with Crippen LogP contribution in [0.3, 0.4) is 0 Å². The molecule has 0 atom stereocenters. The van der Waals surface area contributed by atoms with Crippen LogP contribution in [0.1, 0.15) is 38.2 Å². The lowest BCUT2D eigenvalue weighted by molar-refractivity contribution is 0.737. The molecule has 1 aromatic rings. The molecule has 1 aromatic heterocycles. The minimum absolute atomic E-state index is 1.02. The van der Waals surface area contributed by atoms with Crippen LogP contribution in [-0.4, -0.2) is 0 Å². The Balaban J connectivity index is 2.35. The molecule has 13 heavy (non-hydrogen) atoms. The molecule has 0 aliphatic rings. The number of rotatable bonds is 3. The van der Waals surface area contributed by atoms with Gasteiger partial charge in [0.25, 0.3) is 0 Å². The molecule has 70 valence electrons. The highest BCUT2D eigenvalue weighted by atomic mass is 79.9. The molecule has 1 heterocycles. The van der Waals surface area contributed by atoms with Crippen molar-refractivity contribution in [1.29, 1.82) is 0 Å². The topological polar surface area (TPSA) is 0 Å². The summed E-state index contributed by atoms with van der Waals surface area (Å²) in [6.07, 6.45) is 4.81. The van der Waals surface area contributed by atoms with Crippen molar-refractivity contribution in [1.82, 2.24) is 0 Å². The van der Waals surface area contributed by atoms with Gasteiger partial charge in [0.2, 0.25) is 0 Å². The Labute approximate surface area is 92.5 Å². The number of thiophene rings is 1. The summed E-state index contributed by atoms with van der Waals surface area (Å²) in [5.41, 5.74) is 1.13. The lowest BCUT2D eigenvalue weighted by Gasteiger charge is -1.88. The average molecular weight is 257 g/mol. The largest absolute Gasteiger partial charge is 0.150 e. The van der Waals surface area contributed by atoms with E-state index in [0.29, 0.717) is 0 Å². The average Bonchev–Trinajstić information content (AvgIpc) is 2.52. The first kappa shape index (κ1) is 10.8. The van der Waals surface area contributed by atoms with E-state index < -0.39 is 0 Å². The predicted octanol–water partition coefficient (Wildman–Crippen LogP) is 4.44. The molecular formula is C11H13BrS. The normalized spacial score (nSPS) is 9.38. The number of unbranched alkanes of at least 4 members (excludes halogenated alkanes) is 3. The van der Waals surface area contributed by atoms with Gasteiger partial charge < -0.3 is 0 Å². The zero-order chi connectivity index (χ0) is 9.52. The monoisotopic (exact) mass is 256 g/mol. The molecule has 0 aliphatic heterocycles. The zero-order valence-corrected chi connectivity index (χ0v) is 10.2. The van der Waals surface area contributed by atoms with Gasteiger partial charge in [0.15, 0.2) is 0 Å². The maximum absolute atomic E-state index is 3.46. The van der Waals surface area contributed by atoms with Crippen molar-refractivity contribution >= 4 is 27.3 Å². The third-order valence-corrected chi connectivity index (χ3v) is 3.45. The number of hydrogen-bond donors (Lipinski definition) is 0. The van der Waals surface area contributed by atoms with Crippen LogP contribution in [0.5, 0.6) is 0 Å². The lowest BCUT2D eigenvalue weighted by atomic mass is 10.2. The third kappa shape index (κ3) is 3.97. The second-order valence-electron chi connectivity index (χ2n) is 2.89. The Morgan fingerprint density at radius 3 is 2.85 bits per heavy atom. The third-order valence-electron chi connectivity index (χ3n) is 1.74. The van der Waals surface area contributed by atoms with E-state index in [4.69, 9.17) is 0 Å². The van der Waals surface area contributed by atoms with Gasteiger partial charge in [-0.1, -0.05) is 31.6 Å². The van der Waals surface area contributed by atoms with Gasteiger partial charge in [-0.15, -0.1) is 11.3 Å². The molecule has 0 bridgehead atoms. The van der Waals surface area contributed by atoms with Crippen LogP contribution in [0.15, 0.2) is 15.2 Å². The zero-order valence-electron chi connectivity index (χ0n) is 7.77. The first-order chi connectivity index (χ1) is 6.34. The molecule has 1 rings (SSSR count). The Hall–Kier alpha value is -0.260. The van der Waals surface area contributed by atoms with E-state index in [-0.39, 0.29) is 0 Å². The predicted molar refractivity (Wildman–Crippen MR) is 63.0 cm³/mol. The Bertz CT molecular complexity index is 303. The van der Waals surface area contributed by atoms with Crippen molar-refractivity contribution in [2.24, 2.45) is 0 Å². The Morgan fingerprint density at radius 2 is 2.23 bits per heavy atom. The van der Waals surface area contributed by atoms with Crippen molar-refractivity contribution in [3.05, 3.63) is 20.8 Å². The van der Waals surface area contributed by atoms with Gasteiger partial charge in [-0.2, -0.15) is 0 Å². The highest BCUT2D eigenvalue weighted by Crippen LogP contribution is 2.19. The first-order valence-electron chi connectivity index (χ1n) is 4.55. The summed E-state index contributed by atoms with van der Waals surface area (Å²) in [5.74, 6) is 6.36. The van der Waals surface area contributed by atoms with Crippen LogP contribution >= 0.6 is 27.3 Å². The van der Waals surface area contributed by atoms with Crippen molar-refractivity contribution in [2.75, 3.05) is 0 Å². The smallest absolute Gasteiger partial charge is 0.0494 e. The van der Waals surface area contributed by atoms with Gasteiger partial charge in [0.1, 0.15) is 0 Å². The quantitative estimate of drug-likeness (QED) is 0.554. The van der Waals surface area contributed by atoms with E-state index in [1.807, 2.05) is 0 Å². The maximum atomic E-state index is 3.46. The molecule has 0 radical (unpaired) electrons. The van der Waals surface area contributed by atoms with Gasteiger partial charge in [-0.05, 0) is 22.4 Å². The van der Waals surface area contributed by atoms with Gasteiger partial charge in [0, 0.05) is 27.2 Å². The summed E-state index contributed by atoms with van der Waals surface area (Å²) in [5, 5.41) is 4.15. The summed E-state index contributed by atoms with van der Waals surface area (Å²) in [6.45, 7) is 2.21. The molecule has 0 aliphatic carbocycles. The summed E-state index contributed by atoms with van der Waals surface area (Å²) < 4.78 is 1.13. The highest BCUT2D eigenvalue weighted by Gasteiger charge is 1.94. The van der Waals surface area contributed by atoms with E-state index in [9.17, 15) is 0 Å². The van der Waals surface area contributed by atoms with Gasteiger partial charge >= 0.3 is 0 Å². The minimum Gasteiger partial charge on any atom is -0.150 e. The van der Waals surface area contributed by atoms with Crippen molar-refractivity contribution < 1.29 is 0 Å². The molecule has 0 unspecified atom stereocenters. The molecule has 0 nitrogen and oxygen atoms in total. The van der Waals surface area contributed by atoms with Crippen LogP contribution in [0.25, 0.3) is 0 Å². The fraction of sp³-hybridized carbons (Fsp3) is 0.455. The van der Waals surface area contributed by atoms with Crippen LogP contribution in [0.4, 0.5) is 0 Å². The summed E-state index contributed by atoms with van der Waals surface area (Å²) in [6, 6.07) is 0. The molecule has 0 saturated heterocycles. The fourth-order valence-electron chi connectivity index (χ4n) is 0.992. The van der Waals surface area contributed by atoms with E-state index >= 15 is 0 Å². The molecular weight excluding hydrogens is 244 g/mol. The van der Waals surface area contributed by atoms with Gasteiger partial charge in [-0.25, -0.2) is 0 Å². The molecule has 0 amide bonds. The molecule has 0 spiro atoms. The van der Waals surface area contributed by atoms with Crippen LogP contribution in [0, 0.1) is 11.8 Å². The second-order valence-corrected chi connectivity index (χ2v) is 4.49.